The zero-order valence-electron chi connectivity index (χ0n) is 9.42. The van der Waals surface area contributed by atoms with Gasteiger partial charge in [-0.05, 0) is 6.92 Å². The van der Waals surface area contributed by atoms with Crippen LogP contribution >= 0.6 is 0 Å². The maximum absolute atomic E-state index is 11.4. The van der Waals surface area contributed by atoms with Gasteiger partial charge in [0.2, 0.25) is 0 Å². The molecule has 1 aromatic heterocycles. The minimum atomic E-state index is -0.995. The largest absolute Gasteiger partial charge is 0.479 e. The van der Waals surface area contributed by atoms with Crippen LogP contribution in [0.15, 0.2) is 17.2 Å². The Morgan fingerprint density at radius 2 is 2.25 bits per heavy atom. The molecule has 1 rings (SSSR count). The highest BCUT2D eigenvalue weighted by molar-refractivity contribution is 5.72. The summed E-state index contributed by atoms with van der Waals surface area (Å²) in [7, 11) is 1.65. The van der Waals surface area contributed by atoms with Gasteiger partial charge in [0.15, 0.2) is 6.10 Å². The molecule has 1 atom stereocenters. The van der Waals surface area contributed by atoms with Crippen molar-refractivity contribution in [3.8, 4) is 0 Å². The van der Waals surface area contributed by atoms with Crippen molar-refractivity contribution in [3.05, 3.63) is 22.9 Å². The first-order valence-electron chi connectivity index (χ1n) is 5.12. The Labute approximate surface area is 93.1 Å². The molecule has 1 unspecified atom stereocenters. The molecule has 0 amide bonds. The van der Waals surface area contributed by atoms with Crippen LogP contribution in [-0.2, 0) is 23.1 Å². The van der Waals surface area contributed by atoms with E-state index in [0.29, 0.717) is 13.2 Å². The first-order valence-corrected chi connectivity index (χ1v) is 5.12. The van der Waals surface area contributed by atoms with Crippen molar-refractivity contribution < 1.29 is 14.6 Å². The van der Waals surface area contributed by atoms with Crippen LogP contribution in [0.1, 0.15) is 13.3 Å². The second-order valence-corrected chi connectivity index (χ2v) is 3.46. The minimum Gasteiger partial charge on any atom is -0.479 e. The highest BCUT2D eigenvalue weighted by Crippen LogP contribution is 2.01. The van der Waals surface area contributed by atoms with Crippen molar-refractivity contribution >= 4 is 5.97 Å². The number of aromatic nitrogens is 2. The van der Waals surface area contributed by atoms with Crippen molar-refractivity contribution in [2.24, 2.45) is 7.05 Å². The number of nitrogens with zero attached hydrogens (tertiary/aromatic N) is 2. The maximum atomic E-state index is 11.4. The first-order chi connectivity index (χ1) is 7.56. The van der Waals surface area contributed by atoms with Crippen molar-refractivity contribution in [3.63, 3.8) is 0 Å². The van der Waals surface area contributed by atoms with E-state index >= 15 is 0 Å². The van der Waals surface area contributed by atoms with E-state index in [9.17, 15) is 9.59 Å². The molecular weight excluding hydrogens is 212 g/mol. The molecule has 0 saturated heterocycles. The van der Waals surface area contributed by atoms with E-state index in [1.54, 1.807) is 26.4 Å². The number of ether oxygens (including phenoxy) is 1. The monoisotopic (exact) mass is 228 g/mol. The van der Waals surface area contributed by atoms with Crippen LogP contribution in [0.4, 0.5) is 0 Å². The van der Waals surface area contributed by atoms with Gasteiger partial charge in [0.1, 0.15) is 0 Å². The number of imidazole rings is 1. The third kappa shape index (κ3) is 2.96. The Hall–Kier alpha value is -1.56. The van der Waals surface area contributed by atoms with E-state index in [-0.39, 0.29) is 12.1 Å². The van der Waals surface area contributed by atoms with Crippen LogP contribution in [0.25, 0.3) is 0 Å². The summed E-state index contributed by atoms with van der Waals surface area (Å²) in [5.41, 5.74) is -0.152. The molecule has 0 aliphatic carbocycles. The zero-order chi connectivity index (χ0) is 12.1. The number of carboxylic acid groups (broad SMARTS) is 1. The number of carbonyl (C=O) groups is 1. The second-order valence-electron chi connectivity index (χ2n) is 3.46. The average Bonchev–Trinajstić information content (AvgIpc) is 2.55. The Kier molecular flexibility index (Phi) is 4.30. The molecule has 1 N–H and O–H groups in total. The summed E-state index contributed by atoms with van der Waals surface area (Å²) < 4.78 is 7.96. The van der Waals surface area contributed by atoms with E-state index in [0.717, 1.165) is 0 Å². The molecule has 0 fully saturated rings. The molecule has 16 heavy (non-hydrogen) atoms. The fraction of sp³-hybridized carbons (Fsp3) is 0.600. The smallest absolute Gasteiger partial charge is 0.332 e. The maximum Gasteiger partial charge on any atom is 0.332 e. The van der Waals surface area contributed by atoms with Crippen LogP contribution in [0, 0.1) is 0 Å². The van der Waals surface area contributed by atoms with Crippen LogP contribution in [0.5, 0.6) is 0 Å². The van der Waals surface area contributed by atoms with E-state index in [1.807, 2.05) is 0 Å². The topological polar surface area (TPSA) is 73.5 Å². The first kappa shape index (κ1) is 12.5. The van der Waals surface area contributed by atoms with Crippen LogP contribution in [0.3, 0.4) is 0 Å². The molecular formula is C10H16N2O4. The van der Waals surface area contributed by atoms with Crippen LogP contribution < -0.4 is 5.69 Å². The van der Waals surface area contributed by atoms with Gasteiger partial charge in [-0.2, -0.15) is 0 Å². The molecule has 0 aliphatic rings. The number of hydrogen-bond acceptors (Lipinski definition) is 3. The van der Waals surface area contributed by atoms with Gasteiger partial charge in [0, 0.05) is 39.0 Å². The number of aliphatic carboxylic acids is 1. The third-order valence-electron chi connectivity index (χ3n) is 2.29. The normalized spacial score (nSPS) is 12.6. The summed E-state index contributed by atoms with van der Waals surface area (Å²) in [6.07, 6.45) is 2.70. The van der Waals surface area contributed by atoms with Crippen molar-refractivity contribution in [2.45, 2.75) is 26.0 Å². The summed E-state index contributed by atoms with van der Waals surface area (Å²) in [6.45, 7) is 2.43. The summed E-state index contributed by atoms with van der Waals surface area (Å²) >= 11 is 0. The standard InChI is InChI=1S/C10H16N2O4/c1-3-16-8(9(13)14)4-5-12-7-6-11(2)10(12)15/h6-8H,3-5H2,1-2H3,(H,13,14). The molecule has 0 spiro atoms. The molecule has 0 bridgehead atoms. The average molecular weight is 228 g/mol. The van der Waals surface area contributed by atoms with Gasteiger partial charge in [-0.25, -0.2) is 9.59 Å². The molecule has 1 aromatic rings. The van der Waals surface area contributed by atoms with Gasteiger partial charge in [-0.1, -0.05) is 0 Å². The predicted molar refractivity (Wildman–Crippen MR) is 57.3 cm³/mol. The summed E-state index contributed by atoms with van der Waals surface area (Å²) in [5, 5.41) is 8.84. The highest BCUT2D eigenvalue weighted by Gasteiger charge is 2.17. The number of rotatable bonds is 6. The lowest BCUT2D eigenvalue weighted by molar-refractivity contribution is -0.150. The van der Waals surface area contributed by atoms with Gasteiger partial charge in [-0.15, -0.1) is 0 Å². The zero-order valence-corrected chi connectivity index (χ0v) is 9.42. The summed E-state index contributed by atoms with van der Waals surface area (Å²) in [4.78, 5) is 22.2. The van der Waals surface area contributed by atoms with Crippen LogP contribution in [0.2, 0.25) is 0 Å². The Balaban J connectivity index is 2.59. The molecule has 1 heterocycles. The number of aryl methyl sites for hydroxylation is 2. The fourth-order valence-corrected chi connectivity index (χ4v) is 1.42. The second kappa shape index (κ2) is 5.50. The van der Waals surface area contributed by atoms with E-state index in [1.165, 1.54) is 9.13 Å². The Bertz CT molecular complexity index is 407. The summed E-state index contributed by atoms with van der Waals surface area (Å²) in [6, 6.07) is 0. The SMILES string of the molecule is CCOC(CCn1ccn(C)c1=O)C(=O)O. The molecule has 0 saturated carbocycles. The van der Waals surface area contributed by atoms with Gasteiger partial charge in [0.25, 0.3) is 0 Å². The van der Waals surface area contributed by atoms with Gasteiger partial charge in [0.05, 0.1) is 0 Å². The molecule has 6 heteroatoms. The number of carboxylic acids is 1. The van der Waals surface area contributed by atoms with E-state index in [4.69, 9.17) is 9.84 Å². The third-order valence-corrected chi connectivity index (χ3v) is 2.29. The fourth-order valence-electron chi connectivity index (χ4n) is 1.42. The van der Waals surface area contributed by atoms with Gasteiger partial charge < -0.3 is 14.4 Å². The van der Waals surface area contributed by atoms with Gasteiger partial charge in [-0.3, -0.25) is 4.57 Å². The van der Waals surface area contributed by atoms with Crippen molar-refractivity contribution in [1.29, 1.82) is 0 Å². The van der Waals surface area contributed by atoms with E-state index in [2.05, 4.69) is 0 Å². The Morgan fingerprint density at radius 1 is 1.56 bits per heavy atom. The summed E-state index contributed by atoms with van der Waals surface area (Å²) in [5.74, 6) is -0.995. The minimum absolute atomic E-state index is 0.152. The van der Waals surface area contributed by atoms with Crippen molar-refractivity contribution in [2.75, 3.05) is 6.61 Å². The highest BCUT2D eigenvalue weighted by atomic mass is 16.5. The molecule has 0 aliphatic heterocycles. The van der Waals surface area contributed by atoms with Crippen molar-refractivity contribution in [1.82, 2.24) is 9.13 Å². The lowest BCUT2D eigenvalue weighted by Gasteiger charge is -2.11. The quantitative estimate of drug-likeness (QED) is 0.747. The lowest BCUT2D eigenvalue weighted by Crippen LogP contribution is -2.28. The molecule has 0 aromatic carbocycles. The Morgan fingerprint density at radius 3 is 2.69 bits per heavy atom. The predicted octanol–water partition coefficient (Wildman–Crippen LogP) is 0.0666. The molecule has 90 valence electrons. The lowest BCUT2D eigenvalue weighted by atomic mass is 10.2. The van der Waals surface area contributed by atoms with Gasteiger partial charge >= 0.3 is 11.7 Å². The molecule has 6 nitrogen and oxygen atoms in total. The van der Waals surface area contributed by atoms with E-state index < -0.39 is 12.1 Å². The number of hydrogen-bond donors (Lipinski definition) is 1. The van der Waals surface area contributed by atoms with Crippen LogP contribution in [-0.4, -0.2) is 32.9 Å². The molecule has 0 radical (unpaired) electrons.